The third-order valence-electron chi connectivity index (χ3n) is 3.78. The van der Waals surface area contributed by atoms with E-state index in [1.165, 1.54) is 5.56 Å². The summed E-state index contributed by atoms with van der Waals surface area (Å²) in [6.07, 6.45) is 1.05. The Morgan fingerprint density at radius 2 is 1.76 bits per heavy atom. The van der Waals surface area contributed by atoms with Crippen molar-refractivity contribution in [3.05, 3.63) is 59.7 Å². The lowest BCUT2D eigenvalue weighted by molar-refractivity contribution is 0.414. The van der Waals surface area contributed by atoms with Crippen LogP contribution in [0, 0.1) is 0 Å². The lowest BCUT2D eigenvalue weighted by atomic mass is 10.0. The molecule has 2 aromatic carbocycles. The van der Waals surface area contributed by atoms with E-state index < -0.39 is 0 Å². The van der Waals surface area contributed by atoms with Crippen LogP contribution in [0.5, 0.6) is 5.75 Å². The number of anilines is 1. The van der Waals surface area contributed by atoms with Crippen molar-refractivity contribution >= 4 is 5.69 Å². The van der Waals surface area contributed by atoms with Crippen molar-refractivity contribution in [3.63, 3.8) is 0 Å². The second kappa shape index (κ2) is 7.14. The predicted molar refractivity (Wildman–Crippen MR) is 89.0 cm³/mol. The topological polar surface area (TPSA) is 38.5 Å². The van der Waals surface area contributed by atoms with Gasteiger partial charge < -0.3 is 15.4 Å². The van der Waals surface area contributed by atoms with Gasteiger partial charge in [0.1, 0.15) is 5.75 Å². The molecule has 3 heteroatoms. The molecule has 21 heavy (non-hydrogen) atoms. The van der Waals surface area contributed by atoms with Crippen LogP contribution in [0.25, 0.3) is 0 Å². The highest BCUT2D eigenvalue weighted by Crippen LogP contribution is 2.27. The monoisotopic (exact) mass is 284 g/mol. The maximum Gasteiger partial charge on any atom is 0.142 e. The van der Waals surface area contributed by atoms with Crippen molar-refractivity contribution in [2.75, 3.05) is 25.6 Å². The van der Waals surface area contributed by atoms with Gasteiger partial charge in [-0.1, -0.05) is 43.3 Å². The maximum atomic E-state index is 6.33. The maximum absolute atomic E-state index is 6.33. The molecule has 0 saturated heterocycles. The first-order valence-corrected chi connectivity index (χ1v) is 7.34. The quantitative estimate of drug-likeness (QED) is 0.883. The number of hydrogen-bond acceptors (Lipinski definition) is 3. The van der Waals surface area contributed by atoms with Crippen molar-refractivity contribution in [1.82, 2.24) is 0 Å². The normalized spacial score (nSPS) is 12.0. The summed E-state index contributed by atoms with van der Waals surface area (Å²) in [5.41, 5.74) is 9.89. The second-order valence-electron chi connectivity index (χ2n) is 5.25. The number of benzene rings is 2. The summed E-state index contributed by atoms with van der Waals surface area (Å²) >= 11 is 0. The minimum Gasteiger partial charge on any atom is -0.495 e. The number of nitrogens with two attached hydrogens (primary N) is 1. The van der Waals surface area contributed by atoms with Gasteiger partial charge in [-0.15, -0.1) is 0 Å². The Kier molecular flexibility index (Phi) is 5.23. The highest BCUT2D eigenvalue weighted by Gasteiger charge is 2.12. The van der Waals surface area contributed by atoms with Gasteiger partial charge in [0.2, 0.25) is 0 Å². The zero-order chi connectivity index (χ0) is 15.2. The minimum absolute atomic E-state index is 0.0224. The Bertz CT molecular complexity index is 566. The summed E-state index contributed by atoms with van der Waals surface area (Å²) in [5.74, 6) is 0.869. The molecule has 3 nitrogen and oxygen atoms in total. The van der Waals surface area contributed by atoms with E-state index in [1.54, 1.807) is 7.11 Å². The van der Waals surface area contributed by atoms with E-state index in [-0.39, 0.29) is 6.04 Å². The van der Waals surface area contributed by atoms with Gasteiger partial charge in [-0.3, -0.25) is 0 Å². The van der Waals surface area contributed by atoms with Gasteiger partial charge in [0, 0.05) is 19.6 Å². The zero-order valence-electron chi connectivity index (χ0n) is 13.0. The fourth-order valence-electron chi connectivity index (χ4n) is 2.44. The van der Waals surface area contributed by atoms with Crippen molar-refractivity contribution in [2.45, 2.75) is 19.4 Å². The van der Waals surface area contributed by atoms with Crippen LogP contribution in [-0.2, 0) is 6.42 Å². The number of rotatable bonds is 6. The Balaban J connectivity index is 2.08. The summed E-state index contributed by atoms with van der Waals surface area (Å²) in [5, 5.41) is 0. The summed E-state index contributed by atoms with van der Waals surface area (Å²) in [4.78, 5) is 2.14. The zero-order valence-corrected chi connectivity index (χ0v) is 13.0. The van der Waals surface area contributed by atoms with Crippen molar-refractivity contribution in [3.8, 4) is 5.75 Å². The van der Waals surface area contributed by atoms with Crippen LogP contribution in [0.15, 0.2) is 48.5 Å². The number of likely N-dealkylation sites (N-methyl/N-ethyl adjacent to an activating group) is 1. The van der Waals surface area contributed by atoms with Gasteiger partial charge in [-0.25, -0.2) is 0 Å². The van der Waals surface area contributed by atoms with Gasteiger partial charge in [0.05, 0.1) is 12.8 Å². The lowest BCUT2D eigenvalue weighted by Crippen LogP contribution is -2.29. The third-order valence-corrected chi connectivity index (χ3v) is 3.78. The Hall–Kier alpha value is -2.00. The average Bonchev–Trinajstić information content (AvgIpc) is 2.54. The van der Waals surface area contributed by atoms with Crippen LogP contribution in [0.2, 0.25) is 0 Å². The molecule has 0 fully saturated rings. The van der Waals surface area contributed by atoms with Gasteiger partial charge in [0.25, 0.3) is 0 Å². The summed E-state index contributed by atoms with van der Waals surface area (Å²) in [6, 6.07) is 16.5. The lowest BCUT2D eigenvalue weighted by Gasteiger charge is -2.25. The molecule has 2 N–H and O–H groups in total. The highest BCUT2D eigenvalue weighted by atomic mass is 16.5. The van der Waals surface area contributed by atoms with E-state index in [9.17, 15) is 0 Å². The fraction of sp³-hybridized carbons (Fsp3) is 0.333. The molecule has 2 rings (SSSR count). The fourth-order valence-corrected chi connectivity index (χ4v) is 2.44. The van der Waals surface area contributed by atoms with Crippen LogP contribution >= 0.6 is 0 Å². The predicted octanol–water partition coefficient (Wildman–Crippen LogP) is 3.39. The van der Waals surface area contributed by atoms with Gasteiger partial charge in [-0.2, -0.15) is 0 Å². The van der Waals surface area contributed by atoms with Crippen LogP contribution in [-0.4, -0.2) is 20.7 Å². The molecule has 2 aromatic rings. The van der Waals surface area contributed by atoms with Gasteiger partial charge >= 0.3 is 0 Å². The molecule has 0 aliphatic rings. The van der Waals surface area contributed by atoms with Gasteiger partial charge in [0.15, 0.2) is 0 Å². The molecule has 112 valence electrons. The summed E-state index contributed by atoms with van der Waals surface area (Å²) < 4.78 is 5.40. The van der Waals surface area contributed by atoms with E-state index in [1.807, 2.05) is 31.3 Å². The number of para-hydroxylation sites is 2. The Morgan fingerprint density at radius 1 is 1.10 bits per heavy atom. The molecular formula is C18H24N2O. The number of aryl methyl sites for hydroxylation is 1. The summed E-state index contributed by atoms with van der Waals surface area (Å²) in [6.45, 7) is 2.90. The average molecular weight is 284 g/mol. The molecule has 0 radical (unpaired) electrons. The highest BCUT2D eigenvalue weighted by molar-refractivity contribution is 5.58. The first-order chi connectivity index (χ1) is 10.2. The SMILES string of the molecule is CCc1ccc(C(N)CN(C)c2ccccc2OC)cc1. The Morgan fingerprint density at radius 3 is 2.38 bits per heavy atom. The van der Waals surface area contributed by atoms with Crippen molar-refractivity contribution in [2.24, 2.45) is 5.73 Å². The molecule has 0 heterocycles. The van der Waals surface area contributed by atoms with E-state index in [0.29, 0.717) is 0 Å². The first-order valence-electron chi connectivity index (χ1n) is 7.34. The minimum atomic E-state index is -0.0224. The van der Waals surface area contributed by atoms with Gasteiger partial charge in [-0.05, 0) is 29.7 Å². The molecule has 1 unspecified atom stereocenters. The molecule has 0 aliphatic carbocycles. The molecule has 0 aliphatic heterocycles. The van der Waals surface area contributed by atoms with E-state index in [0.717, 1.165) is 30.0 Å². The molecule has 0 amide bonds. The number of ether oxygens (including phenoxy) is 1. The van der Waals surface area contributed by atoms with Crippen LogP contribution in [0.3, 0.4) is 0 Å². The van der Waals surface area contributed by atoms with E-state index in [2.05, 4.69) is 36.1 Å². The largest absolute Gasteiger partial charge is 0.495 e. The first kappa shape index (κ1) is 15.4. The number of hydrogen-bond donors (Lipinski definition) is 1. The Labute approximate surface area is 127 Å². The van der Waals surface area contributed by atoms with E-state index in [4.69, 9.17) is 10.5 Å². The van der Waals surface area contributed by atoms with Crippen LogP contribution in [0.1, 0.15) is 24.1 Å². The molecule has 0 aromatic heterocycles. The molecule has 0 saturated carbocycles. The smallest absolute Gasteiger partial charge is 0.142 e. The van der Waals surface area contributed by atoms with Crippen LogP contribution < -0.4 is 15.4 Å². The standard InChI is InChI=1S/C18H24N2O/c1-4-14-9-11-15(12-10-14)16(19)13-20(2)17-7-5-6-8-18(17)21-3/h5-12,16H,4,13,19H2,1-3H3. The molecule has 0 spiro atoms. The summed E-state index contributed by atoms with van der Waals surface area (Å²) in [7, 11) is 3.73. The molecule has 0 bridgehead atoms. The third kappa shape index (κ3) is 3.76. The van der Waals surface area contributed by atoms with Crippen molar-refractivity contribution in [1.29, 1.82) is 0 Å². The number of methoxy groups -OCH3 is 1. The van der Waals surface area contributed by atoms with Crippen molar-refractivity contribution < 1.29 is 4.74 Å². The molecule has 1 atom stereocenters. The number of nitrogens with zero attached hydrogens (tertiary/aromatic N) is 1. The van der Waals surface area contributed by atoms with E-state index >= 15 is 0 Å². The second-order valence-corrected chi connectivity index (χ2v) is 5.25. The van der Waals surface area contributed by atoms with Crippen LogP contribution in [0.4, 0.5) is 5.69 Å². The molecular weight excluding hydrogens is 260 g/mol.